The van der Waals surface area contributed by atoms with E-state index in [2.05, 4.69) is 17.2 Å². The number of amides is 1. The first-order valence-electron chi connectivity index (χ1n) is 3.96. The molecule has 0 aliphatic heterocycles. The molecule has 2 heteroatoms. The number of rotatable bonds is 2. The smallest absolute Gasteiger partial charge is 0.296 e. The van der Waals surface area contributed by atoms with Gasteiger partial charge in [-0.15, -0.1) is 0 Å². The fourth-order valence-corrected chi connectivity index (χ4v) is 0.566. The summed E-state index contributed by atoms with van der Waals surface area (Å²) < 4.78 is 0. The SMILES string of the molecule is CCCC#CC(=O)NC(C)C. The maximum absolute atomic E-state index is 10.8. The molecule has 62 valence electrons. The van der Waals surface area contributed by atoms with Crippen LogP contribution in [0.2, 0.25) is 0 Å². The van der Waals surface area contributed by atoms with Crippen LogP contribution in [0.3, 0.4) is 0 Å². The average molecular weight is 153 g/mol. The van der Waals surface area contributed by atoms with E-state index in [1.807, 2.05) is 20.8 Å². The molecule has 1 amide bonds. The molecular formula is C9H15NO. The maximum Gasteiger partial charge on any atom is 0.296 e. The summed E-state index contributed by atoms with van der Waals surface area (Å²) in [4.78, 5) is 10.8. The van der Waals surface area contributed by atoms with Crippen molar-refractivity contribution in [3.05, 3.63) is 0 Å². The van der Waals surface area contributed by atoms with Crippen molar-refractivity contribution in [2.24, 2.45) is 0 Å². The van der Waals surface area contributed by atoms with E-state index in [0.717, 1.165) is 12.8 Å². The van der Waals surface area contributed by atoms with Crippen LogP contribution in [0, 0.1) is 11.8 Å². The summed E-state index contributed by atoms with van der Waals surface area (Å²) in [5.74, 6) is 5.12. The standard InChI is InChI=1S/C9H15NO/c1-4-5-6-7-9(11)10-8(2)3/h8H,4-5H2,1-3H3,(H,10,11). The Labute approximate surface area is 68.4 Å². The molecule has 0 atom stereocenters. The van der Waals surface area contributed by atoms with E-state index < -0.39 is 0 Å². The van der Waals surface area contributed by atoms with Crippen LogP contribution in [-0.2, 0) is 4.79 Å². The van der Waals surface area contributed by atoms with Crippen LogP contribution in [0.1, 0.15) is 33.6 Å². The highest BCUT2D eigenvalue weighted by Crippen LogP contribution is 1.81. The predicted molar refractivity (Wildman–Crippen MR) is 46.0 cm³/mol. The van der Waals surface area contributed by atoms with E-state index >= 15 is 0 Å². The summed E-state index contributed by atoms with van der Waals surface area (Å²) >= 11 is 0. The summed E-state index contributed by atoms with van der Waals surface area (Å²) in [7, 11) is 0. The minimum atomic E-state index is -0.173. The Morgan fingerprint density at radius 3 is 2.64 bits per heavy atom. The quantitative estimate of drug-likeness (QED) is 0.595. The van der Waals surface area contributed by atoms with E-state index in [4.69, 9.17) is 0 Å². The van der Waals surface area contributed by atoms with Gasteiger partial charge < -0.3 is 5.32 Å². The predicted octanol–water partition coefficient (Wildman–Crippen LogP) is 1.31. The molecule has 0 saturated carbocycles. The zero-order valence-electron chi connectivity index (χ0n) is 7.40. The minimum absolute atomic E-state index is 0.173. The number of carbonyl (C=O) groups is 1. The molecule has 0 aliphatic carbocycles. The lowest BCUT2D eigenvalue weighted by molar-refractivity contribution is -0.116. The van der Waals surface area contributed by atoms with Crippen LogP contribution in [0.25, 0.3) is 0 Å². The first-order valence-corrected chi connectivity index (χ1v) is 3.96. The number of hydrogen-bond acceptors (Lipinski definition) is 1. The lowest BCUT2D eigenvalue weighted by atomic mass is 10.3. The number of hydrogen-bond donors (Lipinski definition) is 1. The Kier molecular flexibility index (Phi) is 5.28. The van der Waals surface area contributed by atoms with Crippen molar-refractivity contribution in [3.8, 4) is 11.8 Å². The van der Waals surface area contributed by atoms with Crippen LogP contribution in [-0.4, -0.2) is 11.9 Å². The molecule has 0 fully saturated rings. The molecule has 1 N–H and O–H groups in total. The minimum Gasteiger partial charge on any atom is -0.343 e. The molecule has 2 nitrogen and oxygen atoms in total. The third-order valence-electron chi connectivity index (χ3n) is 0.997. The van der Waals surface area contributed by atoms with Crippen molar-refractivity contribution >= 4 is 5.91 Å². The van der Waals surface area contributed by atoms with Gasteiger partial charge in [-0.05, 0) is 26.2 Å². The van der Waals surface area contributed by atoms with Gasteiger partial charge >= 0.3 is 0 Å². The first-order chi connectivity index (χ1) is 5.16. The highest BCUT2D eigenvalue weighted by molar-refractivity contribution is 5.93. The van der Waals surface area contributed by atoms with E-state index in [0.29, 0.717) is 0 Å². The van der Waals surface area contributed by atoms with Crippen molar-refractivity contribution in [2.75, 3.05) is 0 Å². The lowest BCUT2D eigenvalue weighted by Gasteiger charge is -2.01. The normalized spacial score (nSPS) is 8.73. The van der Waals surface area contributed by atoms with Gasteiger partial charge in [-0.3, -0.25) is 4.79 Å². The monoisotopic (exact) mass is 153 g/mol. The van der Waals surface area contributed by atoms with Crippen LogP contribution < -0.4 is 5.32 Å². The van der Waals surface area contributed by atoms with E-state index in [1.54, 1.807) is 0 Å². The molecule has 0 aromatic heterocycles. The lowest BCUT2D eigenvalue weighted by Crippen LogP contribution is -2.28. The van der Waals surface area contributed by atoms with Crippen molar-refractivity contribution in [1.29, 1.82) is 0 Å². The van der Waals surface area contributed by atoms with Gasteiger partial charge in [0.25, 0.3) is 5.91 Å². The molecule has 0 unspecified atom stereocenters. The fraction of sp³-hybridized carbons (Fsp3) is 0.667. The van der Waals surface area contributed by atoms with E-state index in [-0.39, 0.29) is 11.9 Å². The third kappa shape index (κ3) is 6.92. The Bertz CT molecular complexity index is 174. The van der Waals surface area contributed by atoms with Gasteiger partial charge in [-0.25, -0.2) is 0 Å². The molecule has 0 aromatic rings. The summed E-state index contributed by atoms with van der Waals surface area (Å²) in [6.45, 7) is 5.87. The highest BCUT2D eigenvalue weighted by Gasteiger charge is 1.95. The van der Waals surface area contributed by atoms with Crippen LogP contribution >= 0.6 is 0 Å². The molecular weight excluding hydrogens is 138 g/mol. The second-order valence-electron chi connectivity index (χ2n) is 2.68. The molecule has 11 heavy (non-hydrogen) atoms. The van der Waals surface area contributed by atoms with Crippen LogP contribution in [0.15, 0.2) is 0 Å². The summed E-state index contributed by atoms with van der Waals surface area (Å²) in [6.07, 6.45) is 1.80. The van der Waals surface area contributed by atoms with Gasteiger partial charge in [0.05, 0.1) is 0 Å². The van der Waals surface area contributed by atoms with E-state index in [1.165, 1.54) is 0 Å². The molecule has 0 heterocycles. The number of unbranched alkanes of at least 4 members (excludes halogenated alkanes) is 1. The second kappa shape index (κ2) is 5.79. The molecule has 0 aliphatic rings. The maximum atomic E-state index is 10.8. The van der Waals surface area contributed by atoms with Gasteiger partial charge in [-0.2, -0.15) is 0 Å². The zero-order valence-corrected chi connectivity index (χ0v) is 7.40. The Balaban J connectivity index is 3.62. The van der Waals surface area contributed by atoms with Crippen molar-refractivity contribution < 1.29 is 4.79 Å². The summed E-state index contributed by atoms with van der Waals surface area (Å²) in [6, 6.07) is 0.179. The van der Waals surface area contributed by atoms with Gasteiger partial charge in [-0.1, -0.05) is 12.8 Å². The highest BCUT2D eigenvalue weighted by atomic mass is 16.1. The van der Waals surface area contributed by atoms with Gasteiger partial charge in [0.2, 0.25) is 0 Å². The average Bonchev–Trinajstić information content (AvgIpc) is 1.86. The molecule has 0 saturated heterocycles. The largest absolute Gasteiger partial charge is 0.343 e. The van der Waals surface area contributed by atoms with Gasteiger partial charge in [0, 0.05) is 12.5 Å². The van der Waals surface area contributed by atoms with Gasteiger partial charge in [0.15, 0.2) is 0 Å². The van der Waals surface area contributed by atoms with E-state index in [9.17, 15) is 4.79 Å². The molecule has 0 rings (SSSR count). The Hall–Kier alpha value is -0.970. The van der Waals surface area contributed by atoms with Crippen LogP contribution in [0.4, 0.5) is 0 Å². The molecule has 0 aromatic carbocycles. The van der Waals surface area contributed by atoms with Gasteiger partial charge in [0.1, 0.15) is 0 Å². The number of nitrogens with one attached hydrogen (secondary N) is 1. The summed E-state index contributed by atoms with van der Waals surface area (Å²) in [5.41, 5.74) is 0. The Morgan fingerprint density at radius 1 is 1.55 bits per heavy atom. The van der Waals surface area contributed by atoms with Crippen molar-refractivity contribution in [1.82, 2.24) is 5.32 Å². The third-order valence-corrected chi connectivity index (χ3v) is 0.997. The molecule has 0 bridgehead atoms. The topological polar surface area (TPSA) is 29.1 Å². The van der Waals surface area contributed by atoms with Crippen molar-refractivity contribution in [2.45, 2.75) is 39.7 Å². The zero-order chi connectivity index (χ0) is 8.69. The fourth-order valence-electron chi connectivity index (χ4n) is 0.566. The first kappa shape index (κ1) is 10.0. The van der Waals surface area contributed by atoms with Crippen molar-refractivity contribution in [3.63, 3.8) is 0 Å². The second-order valence-corrected chi connectivity index (χ2v) is 2.68. The number of carbonyl (C=O) groups excluding carboxylic acids is 1. The molecule has 0 radical (unpaired) electrons. The summed E-state index contributed by atoms with van der Waals surface area (Å²) in [5, 5.41) is 2.69. The molecule has 0 spiro atoms. The Morgan fingerprint density at radius 2 is 2.18 bits per heavy atom. The van der Waals surface area contributed by atoms with Crippen LogP contribution in [0.5, 0.6) is 0 Å².